The van der Waals surface area contributed by atoms with Crippen molar-refractivity contribution in [2.24, 2.45) is 17.8 Å². The molecule has 7 heteroatoms. The van der Waals surface area contributed by atoms with Gasteiger partial charge in [-0.2, -0.15) is 0 Å². The number of alkyl halides is 3. The molecule has 3 rings (SSSR count). The van der Waals surface area contributed by atoms with Gasteiger partial charge in [0, 0.05) is 18.0 Å². The maximum Gasteiger partial charge on any atom is 0.573 e. The summed E-state index contributed by atoms with van der Waals surface area (Å²) in [5.74, 6) is 0.536. The number of methoxy groups -OCH3 is 1. The smallest absolute Gasteiger partial charge is 0.497 e. The molecule has 2 fully saturated rings. The first kappa shape index (κ1) is 19.3. The predicted octanol–water partition coefficient (Wildman–Crippen LogP) is 3.78. The van der Waals surface area contributed by atoms with E-state index < -0.39 is 12.0 Å². The van der Waals surface area contributed by atoms with Gasteiger partial charge in [-0.3, -0.25) is 0 Å². The number of rotatable bonds is 5. The van der Waals surface area contributed by atoms with Crippen molar-refractivity contribution in [3.63, 3.8) is 0 Å². The van der Waals surface area contributed by atoms with E-state index in [1.165, 1.54) is 25.3 Å². The van der Waals surface area contributed by atoms with Gasteiger partial charge in [0.05, 0.1) is 12.7 Å². The first-order valence-electron chi connectivity index (χ1n) is 8.93. The molecule has 1 N–H and O–H groups in total. The minimum atomic E-state index is -4.82. The number of halogens is 3. The van der Waals surface area contributed by atoms with Crippen LogP contribution in [0.25, 0.3) is 0 Å². The molecule has 0 heterocycles. The van der Waals surface area contributed by atoms with Crippen molar-refractivity contribution >= 4 is 0 Å². The lowest BCUT2D eigenvalue weighted by atomic mass is 9.65. The van der Waals surface area contributed by atoms with Gasteiger partial charge in [0.25, 0.3) is 0 Å². The van der Waals surface area contributed by atoms with Crippen LogP contribution in [0.1, 0.15) is 31.2 Å². The van der Waals surface area contributed by atoms with E-state index in [1.807, 2.05) is 19.0 Å². The third kappa shape index (κ3) is 3.78. The normalized spacial score (nSPS) is 31.3. The average Bonchev–Trinajstić information content (AvgIpc) is 2.93. The van der Waals surface area contributed by atoms with Crippen molar-refractivity contribution in [2.45, 2.75) is 37.6 Å². The minimum absolute atomic E-state index is 0.154. The molecule has 2 aliphatic carbocycles. The molecule has 0 amide bonds. The third-order valence-electron chi connectivity index (χ3n) is 5.80. The monoisotopic (exact) mass is 373 g/mol. The largest absolute Gasteiger partial charge is 0.573 e. The maximum absolute atomic E-state index is 12.9. The Balaban J connectivity index is 2.08. The predicted molar refractivity (Wildman–Crippen MR) is 91.1 cm³/mol. The van der Waals surface area contributed by atoms with E-state index >= 15 is 0 Å². The fraction of sp³-hybridized carbons (Fsp3) is 0.684. The number of nitrogens with zero attached hydrogens (tertiary/aromatic N) is 1. The highest BCUT2D eigenvalue weighted by atomic mass is 19.4. The molecule has 1 aromatic carbocycles. The van der Waals surface area contributed by atoms with Crippen molar-refractivity contribution in [3.8, 4) is 11.5 Å². The molecule has 4 unspecified atom stereocenters. The SMILES string of the molecule is COc1ccc(OC(F)(F)F)c(C2(O)CC3CCC(C3)C2CN(C)C)c1. The van der Waals surface area contributed by atoms with E-state index in [0.717, 1.165) is 19.3 Å². The molecule has 2 aliphatic rings. The summed E-state index contributed by atoms with van der Waals surface area (Å²) in [7, 11) is 5.29. The van der Waals surface area contributed by atoms with Gasteiger partial charge in [0.15, 0.2) is 0 Å². The Morgan fingerprint density at radius 3 is 2.62 bits per heavy atom. The van der Waals surface area contributed by atoms with Crippen LogP contribution in [0.15, 0.2) is 18.2 Å². The molecule has 0 aliphatic heterocycles. The van der Waals surface area contributed by atoms with Crippen LogP contribution in [-0.2, 0) is 5.60 Å². The van der Waals surface area contributed by atoms with E-state index in [-0.39, 0.29) is 17.2 Å². The number of fused-ring (bicyclic) bond motifs is 2. The van der Waals surface area contributed by atoms with Crippen molar-refractivity contribution in [3.05, 3.63) is 23.8 Å². The van der Waals surface area contributed by atoms with Gasteiger partial charge in [-0.25, -0.2) is 0 Å². The quantitative estimate of drug-likeness (QED) is 0.853. The maximum atomic E-state index is 12.9. The summed E-state index contributed by atoms with van der Waals surface area (Å²) < 4.78 is 48.2. The van der Waals surface area contributed by atoms with Crippen molar-refractivity contribution in [2.75, 3.05) is 27.7 Å². The molecular weight excluding hydrogens is 347 g/mol. The van der Waals surface area contributed by atoms with Crippen molar-refractivity contribution in [1.29, 1.82) is 0 Å². The van der Waals surface area contributed by atoms with Crippen molar-refractivity contribution < 1.29 is 27.8 Å². The zero-order chi connectivity index (χ0) is 19.1. The highest BCUT2D eigenvalue weighted by Crippen LogP contribution is 2.56. The molecule has 0 aromatic heterocycles. The molecule has 0 radical (unpaired) electrons. The van der Waals surface area contributed by atoms with Gasteiger partial charge >= 0.3 is 6.36 Å². The second-order valence-corrected chi connectivity index (χ2v) is 7.85. The van der Waals surface area contributed by atoms with Crippen LogP contribution in [-0.4, -0.2) is 44.1 Å². The molecular formula is C19H26F3NO3. The topological polar surface area (TPSA) is 41.9 Å². The second-order valence-electron chi connectivity index (χ2n) is 7.85. The van der Waals surface area contributed by atoms with Gasteiger partial charge in [-0.1, -0.05) is 6.42 Å². The Labute approximate surface area is 151 Å². The number of hydrogen-bond acceptors (Lipinski definition) is 4. The number of ether oxygens (including phenoxy) is 2. The number of benzene rings is 1. The first-order valence-corrected chi connectivity index (χ1v) is 8.93. The number of aliphatic hydroxyl groups is 1. The molecule has 4 atom stereocenters. The Hall–Kier alpha value is -1.47. The Bertz CT molecular complexity index is 649. The fourth-order valence-corrected chi connectivity index (χ4v) is 4.84. The third-order valence-corrected chi connectivity index (χ3v) is 5.80. The lowest BCUT2D eigenvalue weighted by Gasteiger charge is -2.46. The Kier molecular flexibility index (Phi) is 5.14. The van der Waals surface area contributed by atoms with Gasteiger partial charge in [0.2, 0.25) is 0 Å². The van der Waals surface area contributed by atoms with Crippen LogP contribution in [0.5, 0.6) is 11.5 Å². The van der Waals surface area contributed by atoms with E-state index in [0.29, 0.717) is 30.6 Å². The van der Waals surface area contributed by atoms with E-state index in [4.69, 9.17) is 4.74 Å². The van der Waals surface area contributed by atoms with Crippen LogP contribution in [0.2, 0.25) is 0 Å². The summed E-state index contributed by atoms with van der Waals surface area (Å²) in [5.41, 5.74) is -1.19. The van der Waals surface area contributed by atoms with Crippen molar-refractivity contribution in [1.82, 2.24) is 4.90 Å². The Morgan fingerprint density at radius 1 is 1.27 bits per heavy atom. The molecule has 0 saturated heterocycles. The van der Waals surface area contributed by atoms with Gasteiger partial charge in [-0.15, -0.1) is 13.2 Å². The van der Waals surface area contributed by atoms with Gasteiger partial charge in [0.1, 0.15) is 11.5 Å². The van der Waals surface area contributed by atoms with Crippen LogP contribution in [0.3, 0.4) is 0 Å². The molecule has 4 nitrogen and oxygen atoms in total. The highest BCUT2D eigenvalue weighted by Gasteiger charge is 2.53. The number of hydrogen-bond donors (Lipinski definition) is 1. The summed E-state index contributed by atoms with van der Waals surface area (Å²) in [6, 6.07) is 4.16. The highest BCUT2D eigenvalue weighted by molar-refractivity contribution is 5.45. The molecule has 0 spiro atoms. The second kappa shape index (κ2) is 6.93. The molecule has 1 aromatic rings. The first-order chi connectivity index (χ1) is 12.1. The van der Waals surface area contributed by atoms with E-state index in [2.05, 4.69) is 4.74 Å². The fourth-order valence-electron chi connectivity index (χ4n) is 4.84. The molecule has 2 bridgehead atoms. The van der Waals surface area contributed by atoms with Crippen LogP contribution >= 0.6 is 0 Å². The summed E-state index contributed by atoms with van der Waals surface area (Å²) >= 11 is 0. The lowest BCUT2D eigenvalue weighted by molar-refractivity contribution is -0.275. The Morgan fingerprint density at radius 2 is 2.00 bits per heavy atom. The minimum Gasteiger partial charge on any atom is -0.497 e. The summed E-state index contributed by atoms with van der Waals surface area (Å²) in [6.07, 6.45) is -1.32. The molecule has 26 heavy (non-hydrogen) atoms. The van der Waals surface area contributed by atoms with E-state index in [9.17, 15) is 18.3 Å². The zero-order valence-corrected chi connectivity index (χ0v) is 15.3. The van der Waals surface area contributed by atoms with Crippen LogP contribution in [0, 0.1) is 17.8 Å². The summed E-state index contributed by atoms with van der Waals surface area (Å²) in [5, 5.41) is 11.7. The van der Waals surface area contributed by atoms with Gasteiger partial charge < -0.3 is 19.5 Å². The summed E-state index contributed by atoms with van der Waals surface area (Å²) in [6.45, 7) is 0.608. The lowest BCUT2D eigenvalue weighted by Crippen LogP contribution is -2.47. The average molecular weight is 373 g/mol. The van der Waals surface area contributed by atoms with E-state index in [1.54, 1.807) is 0 Å². The van der Waals surface area contributed by atoms with Crippen LogP contribution in [0.4, 0.5) is 13.2 Å². The van der Waals surface area contributed by atoms with Crippen LogP contribution < -0.4 is 9.47 Å². The summed E-state index contributed by atoms with van der Waals surface area (Å²) in [4.78, 5) is 1.98. The van der Waals surface area contributed by atoms with Gasteiger partial charge in [-0.05, 0) is 63.4 Å². The standard InChI is InChI=1S/C19H26F3NO3/c1-23(2)11-16-13-5-4-12(8-13)10-18(16,24)15-9-14(25-3)6-7-17(15)26-19(20,21)22/h6-7,9,12-13,16,24H,4-5,8,10-11H2,1-3H3. The molecule has 2 saturated carbocycles. The molecule has 146 valence electrons. The zero-order valence-electron chi connectivity index (χ0n) is 15.3.